The molecule has 1 fully saturated rings. The lowest BCUT2D eigenvalue weighted by atomic mass is 9.70. The Balaban J connectivity index is 1.53. The number of rotatable bonds is 12. The van der Waals surface area contributed by atoms with Crippen molar-refractivity contribution in [2.75, 3.05) is 13.1 Å². The average Bonchev–Trinajstić information content (AvgIpc) is 3.32. The molecule has 184 valence electrons. The maximum absolute atomic E-state index is 13.9. The van der Waals surface area contributed by atoms with Crippen molar-refractivity contribution in [1.82, 2.24) is 14.5 Å². The summed E-state index contributed by atoms with van der Waals surface area (Å²) < 4.78 is 1.91. The molecule has 2 aromatic carbocycles. The number of carbonyl (C=O) groups is 2. The van der Waals surface area contributed by atoms with Crippen molar-refractivity contribution < 1.29 is 9.59 Å². The van der Waals surface area contributed by atoms with Gasteiger partial charge in [-0.25, -0.2) is 4.98 Å². The van der Waals surface area contributed by atoms with E-state index in [2.05, 4.69) is 54.4 Å². The predicted octanol–water partition coefficient (Wildman–Crippen LogP) is 4.45. The fourth-order valence-electron chi connectivity index (χ4n) is 5.13. The van der Waals surface area contributed by atoms with Crippen molar-refractivity contribution in [1.29, 1.82) is 0 Å². The topological polar surface area (TPSA) is 81.2 Å². The molecule has 2 N–H and O–H groups in total. The summed E-state index contributed by atoms with van der Waals surface area (Å²) >= 11 is 0. The van der Waals surface area contributed by atoms with Gasteiger partial charge in [0.2, 0.25) is 11.8 Å². The van der Waals surface area contributed by atoms with Gasteiger partial charge < -0.3 is 15.2 Å². The molecule has 2 amide bonds. The number of hydrogen-bond acceptors (Lipinski definition) is 3. The first kappa shape index (κ1) is 24.7. The molecule has 1 aliphatic rings. The highest BCUT2D eigenvalue weighted by Crippen LogP contribution is 2.40. The Bertz CT molecular complexity index is 1100. The van der Waals surface area contributed by atoms with Crippen molar-refractivity contribution in [3.05, 3.63) is 90.0 Å². The molecule has 1 aromatic heterocycles. The Morgan fingerprint density at radius 1 is 1.03 bits per heavy atom. The van der Waals surface area contributed by atoms with E-state index in [-0.39, 0.29) is 29.7 Å². The van der Waals surface area contributed by atoms with Gasteiger partial charge in [-0.3, -0.25) is 9.59 Å². The minimum absolute atomic E-state index is 0.0327. The Morgan fingerprint density at radius 3 is 2.37 bits per heavy atom. The Kier molecular flexibility index (Phi) is 8.01. The molecule has 4 rings (SSSR count). The third kappa shape index (κ3) is 5.99. The number of nitrogens with zero attached hydrogens (tertiary/aromatic N) is 3. The van der Waals surface area contributed by atoms with Crippen molar-refractivity contribution in [2.45, 2.75) is 63.3 Å². The third-order valence-electron chi connectivity index (χ3n) is 7.14. The molecule has 1 atom stereocenters. The van der Waals surface area contributed by atoms with E-state index in [9.17, 15) is 9.59 Å². The number of aromatic nitrogens is 2. The second-order valence-corrected chi connectivity index (χ2v) is 9.78. The molecule has 0 aliphatic carbocycles. The smallest absolute Gasteiger partial charge is 0.246 e. The van der Waals surface area contributed by atoms with E-state index in [1.807, 2.05) is 33.9 Å². The van der Waals surface area contributed by atoms with Crippen molar-refractivity contribution in [3.63, 3.8) is 0 Å². The maximum Gasteiger partial charge on any atom is 0.246 e. The van der Waals surface area contributed by atoms with Gasteiger partial charge in [0.25, 0.3) is 0 Å². The molecular weight excluding hydrogens is 436 g/mol. The zero-order chi connectivity index (χ0) is 24.7. The number of imidazole rings is 1. The van der Waals surface area contributed by atoms with Crippen molar-refractivity contribution >= 4 is 11.8 Å². The summed E-state index contributed by atoms with van der Waals surface area (Å²) in [6.07, 6.45) is 9.59. The number of nitrogens with two attached hydrogens (primary N) is 1. The molecule has 0 unspecified atom stereocenters. The first-order valence-electron chi connectivity index (χ1n) is 12.7. The molecule has 0 radical (unpaired) electrons. The molecule has 0 spiro atoms. The Labute approximate surface area is 208 Å². The van der Waals surface area contributed by atoms with Crippen LogP contribution in [0.4, 0.5) is 0 Å². The van der Waals surface area contributed by atoms with E-state index in [1.54, 1.807) is 6.33 Å². The van der Waals surface area contributed by atoms with Crippen molar-refractivity contribution in [2.24, 2.45) is 5.73 Å². The quantitative estimate of drug-likeness (QED) is 0.396. The van der Waals surface area contributed by atoms with Gasteiger partial charge in [0.05, 0.1) is 12.0 Å². The van der Waals surface area contributed by atoms with Crippen LogP contribution >= 0.6 is 0 Å². The molecular formula is C29H36N4O2. The number of amides is 2. The molecule has 6 heteroatoms. The standard InChI is InChI=1S/C29H36N4O2/c1-2-3-10-17-29(24-13-8-5-9-14-24)20-33(21-29)28(35)26(18-23-11-6-4-7-12-23)32-19-25(31-22-32)15-16-27(30)34/h4-9,11-14,19,22,26H,2-3,10,15-18,20-21H2,1H3,(H2,30,34)/t26-/m1/s1. The second kappa shape index (κ2) is 11.3. The summed E-state index contributed by atoms with van der Waals surface area (Å²) in [7, 11) is 0. The normalized spacial score (nSPS) is 15.4. The monoisotopic (exact) mass is 472 g/mol. The highest BCUT2D eigenvalue weighted by Gasteiger charge is 2.47. The lowest BCUT2D eigenvalue weighted by Gasteiger charge is -2.52. The van der Waals surface area contributed by atoms with Crippen LogP contribution in [0.2, 0.25) is 0 Å². The lowest BCUT2D eigenvalue weighted by Crippen LogP contribution is -2.62. The van der Waals surface area contributed by atoms with Crippen LogP contribution in [-0.4, -0.2) is 39.4 Å². The van der Waals surface area contributed by atoms with Gasteiger partial charge in [0.1, 0.15) is 6.04 Å². The van der Waals surface area contributed by atoms with Gasteiger partial charge in [-0.2, -0.15) is 0 Å². The fourth-order valence-corrected chi connectivity index (χ4v) is 5.13. The lowest BCUT2D eigenvalue weighted by molar-refractivity contribution is -0.143. The number of primary amides is 1. The second-order valence-electron chi connectivity index (χ2n) is 9.78. The van der Waals surface area contributed by atoms with Gasteiger partial charge in [0.15, 0.2) is 0 Å². The number of carbonyl (C=O) groups excluding carboxylic acids is 2. The zero-order valence-electron chi connectivity index (χ0n) is 20.6. The van der Waals surface area contributed by atoms with Gasteiger partial charge in [0, 0.05) is 37.5 Å². The number of hydrogen-bond donors (Lipinski definition) is 1. The minimum Gasteiger partial charge on any atom is -0.370 e. The van der Waals surface area contributed by atoms with E-state index in [0.717, 1.165) is 30.8 Å². The SMILES string of the molecule is CCCCCC1(c2ccccc2)CN(C(=O)[C@@H](Cc2ccccc2)n2cnc(CCC(N)=O)c2)C1. The minimum atomic E-state index is -0.378. The van der Waals surface area contributed by atoms with Crippen LogP contribution in [0.3, 0.4) is 0 Å². The van der Waals surface area contributed by atoms with Gasteiger partial charge in [-0.15, -0.1) is 0 Å². The van der Waals surface area contributed by atoms with E-state index in [0.29, 0.717) is 12.8 Å². The molecule has 1 aliphatic heterocycles. The van der Waals surface area contributed by atoms with Crippen LogP contribution in [0.25, 0.3) is 0 Å². The average molecular weight is 473 g/mol. The largest absolute Gasteiger partial charge is 0.370 e. The number of benzene rings is 2. The first-order chi connectivity index (χ1) is 17.0. The van der Waals surface area contributed by atoms with E-state index >= 15 is 0 Å². The summed E-state index contributed by atoms with van der Waals surface area (Å²) in [4.78, 5) is 31.5. The summed E-state index contributed by atoms with van der Waals surface area (Å²) in [6, 6.07) is 20.4. The molecule has 1 saturated heterocycles. The van der Waals surface area contributed by atoms with Crippen LogP contribution in [0, 0.1) is 0 Å². The highest BCUT2D eigenvalue weighted by atomic mass is 16.2. The molecule has 3 aromatic rings. The van der Waals surface area contributed by atoms with Crippen LogP contribution in [0.5, 0.6) is 0 Å². The van der Waals surface area contributed by atoms with Gasteiger partial charge >= 0.3 is 0 Å². The fraction of sp³-hybridized carbons (Fsp3) is 0.414. The molecule has 2 heterocycles. The van der Waals surface area contributed by atoms with Crippen LogP contribution in [0.1, 0.15) is 61.9 Å². The molecule has 0 saturated carbocycles. The highest BCUT2D eigenvalue weighted by molar-refractivity contribution is 5.82. The summed E-state index contributed by atoms with van der Waals surface area (Å²) in [5.74, 6) is -0.230. The van der Waals surface area contributed by atoms with Crippen LogP contribution in [-0.2, 0) is 27.8 Å². The molecule has 35 heavy (non-hydrogen) atoms. The van der Waals surface area contributed by atoms with E-state index in [4.69, 9.17) is 5.73 Å². The number of aryl methyl sites for hydroxylation is 1. The number of likely N-dealkylation sites (tertiary alicyclic amines) is 1. The van der Waals surface area contributed by atoms with Crippen LogP contribution < -0.4 is 5.73 Å². The molecule has 6 nitrogen and oxygen atoms in total. The van der Waals surface area contributed by atoms with Gasteiger partial charge in [-0.05, 0) is 24.0 Å². The Hall–Kier alpha value is -3.41. The van der Waals surface area contributed by atoms with Gasteiger partial charge in [-0.1, -0.05) is 86.8 Å². The summed E-state index contributed by atoms with van der Waals surface area (Å²) in [5, 5.41) is 0. The summed E-state index contributed by atoms with van der Waals surface area (Å²) in [5.41, 5.74) is 8.55. The Morgan fingerprint density at radius 2 is 1.71 bits per heavy atom. The molecule has 0 bridgehead atoms. The first-order valence-corrected chi connectivity index (χ1v) is 12.7. The zero-order valence-corrected chi connectivity index (χ0v) is 20.6. The maximum atomic E-state index is 13.9. The predicted molar refractivity (Wildman–Crippen MR) is 138 cm³/mol. The number of unbranched alkanes of at least 4 members (excludes halogenated alkanes) is 2. The van der Waals surface area contributed by atoms with Crippen molar-refractivity contribution in [3.8, 4) is 0 Å². The third-order valence-corrected chi connectivity index (χ3v) is 7.14. The van der Waals surface area contributed by atoms with E-state index < -0.39 is 0 Å². The van der Waals surface area contributed by atoms with E-state index in [1.165, 1.54) is 24.8 Å². The van der Waals surface area contributed by atoms with Crippen LogP contribution in [0.15, 0.2) is 73.2 Å². The summed E-state index contributed by atoms with van der Waals surface area (Å²) in [6.45, 7) is 3.71.